The van der Waals surface area contributed by atoms with E-state index < -0.39 is 0 Å². The second-order valence-corrected chi connectivity index (χ2v) is 5.89. The van der Waals surface area contributed by atoms with Crippen LogP contribution < -0.4 is 0 Å². The second-order valence-electron chi connectivity index (χ2n) is 5.89. The third-order valence-electron chi connectivity index (χ3n) is 4.04. The molecule has 1 atom stereocenters. The van der Waals surface area contributed by atoms with Crippen LogP contribution in [-0.2, 0) is 11.3 Å². The molecule has 1 aliphatic carbocycles. The molecule has 100 valence electrons. The van der Waals surface area contributed by atoms with E-state index >= 15 is 0 Å². The Morgan fingerprint density at radius 3 is 2.78 bits per heavy atom. The summed E-state index contributed by atoms with van der Waals surface area (Å²) in [7, 11) is 0. The van der Waals surface area contributed by atoms with Crippen LogP contribution in [0.25, 0.3) is 0 Å². The Hall–Kier alpha value is -1.09. The summed E-state index contributed by atoms with van der Waals surface area (Å²) in [5.74, 6) is 1.61. The molecule has 1 aromatic heterocycles. The molecule has 0 spiro atoms. The molecule has 0 amide bonds. The van der Waals surface area contributed by atoms with Gasteiger partial charge in [0.1, 0.15) is 11.5 Å². The summed E-state index contributed by atoms with van der Waals surface area (Å²) in [6, 6.07) is 3.90. The van der Waals surface area contributed by atoms with Crippen LogP contribution in [0, 0.1) is 11.3 Å². The smallest absolute Gasteiger partial charge is 0.142 e. The maximum absolute atomic E-state index is 12.2. The van der Waals surface area contributed by atoms with Crippen molar-refractivity contribution in [2.75, 3.05) is 13.1 Å². The molecule has 0 bridgehead atoms. The minimum Gasteiger partial charge on any atom is -0.468 e. The molecule has 1 fully saturated rings. The summed E-state index contributed by atoms with van der Waals surface area (Å²) < 4.78 is 5.37. The van der Waals surface area contributed by atoms with Gasteiger partial charge in [0.2, 0.25) is 0 Å². The van der Waals surface area contributed by atoms with Crippen LogP contribution in [0.2, 0.25) is 0 Å². The predicted molar refractivity (Wildman–Crippen MR) is 71.2 cm³/mol. The molecule has 2 rings (SSSR count). The first kappa shape index (κ1) is 13.3. The highest BCUT2D eigenvalue weighted by molar-refractivity contribution is 5.88. The standard InChI is InChI=1S/C15H23NO2/c1-4-16(11-13-6-5-9-18-13)10-12-7-8-15(2,3)14(12)17/h5-6,9,12H,4,7-8,10-11H2,1-3H3. The van der Waals surface area contributed by atoms with Crippen LogP contribution in [0.15, 0.2) is 22.8 Å². The van der Waals surface area contributed by atoms with Crippen molar-refractivity contribution < 1.29 is 9.21 Å². The fraction of sp³-hybridized carbons (Fsp3) is 0.667. The van der Waals surface area contributed by atoms with Gasteiger partial charge in [0.15, 0.2) is 0 Å². The van der Waals surface area contributed by atoms with Gasteiger partial charge in [-0.05, 0) is 31.5 Å². The Bertz CT molecular complexity index is 395. The lowest BCUT2D eigenvalue weighted by Gasteiger charge is -2.23. The molecular formula is C15H23NO2. The minimum atomic E-state index is -0.116. The predicted octanol–water partition coefficient (Wildman–Crippen LogP) is 3.11. The molecule has 3 heteroatoms. The maximum atomic E-state index is 12.2. The van der Waals surface area contributed by atoms with Gasteiger partial charge in [0.05, 0.1) is 12.8 Å². The molecule has 3 nitrogen and oxygen atoms in total. The Balaban J connectivity index is 1.93. The van der Waals surface area contributed by atoms with Gasteiger partial charge in [0.25, 0.3) is 0 Å². The third kappa shape index (κ3) is 2.83. The van der Waals surface area contributed by atoms with Crippen molar-refractivity contribution in [2.45, 2.75) is 40.2 Å². The van der Waals surface area contributed by atoms with Crippen molar-refractivity contribution >= 4 is 5.78 Å². The van der Waals surface area contributed by atoms with E-state index in [-0.39, 0.29) is 11.3 Å². The highest BCUT2D eigenvalue weighted by Gasteiger charge is 2.40. The number of rotatable bonds is 5. The SMILES string of the molecule is CCN(Cc1ccco1)CC1CCC(C)(C)C1=O. The molecule has 18 heavy (non-hydrogen) atoms. The number of hydrogen-bond donors (Lipinski definition) is 0. The summed E-state index contributed by atoms with van der Waals surface area (Å²) in [6.45, 7) is 8.88. The highest BCUT2D eigenvalue weighted by Crippen LogP contribution is 2.37. The normalized spacial score (nSPS) is 22.9. The molecule has 1 aromatic rings. The zero-order valence-electron chi connectivity index (χ0n) is 11.6. The first-order valence-corrected chi connectivity index (χ1v) is 6.82. The number of nitrogens with zero attached hydrogens (tertiary/aromatic N) is 1. The van der Waals surface area contributed by atoms with E-state index in [1.54, 1.807) is 6.26 Å². The fourth-order valence-electron chi connectivity index (χ4n) is 2.76. The van der Waals surface area contributed by atoms with Crippen LogP contribution in [-0.4, -0.2) is 23.8 Å². The van der Waals surface area contributed by atoms with E-state index in [9.17, 15) is 4.79 Å². The molecule has 1 aliphatic rings. The quantitative estimate of drug-likeness (QED) is 0.804. The van der Waals surface area contributed by atoms with Crippen LogP contribution in [0.1, 0.15) is 39.4 Å². The van der Waals surface area contributed by atoms with Crippen LogP contribution in [0.4, 0.5) is 0 Å². The molecule has 0 N–H and O–H groups in total. The van der Waals surface area contributed by atoms with Crippen LogP contribution in [0.5, 0.6) is 0 Å². The molecule has 1 saturated carbocycles. The van der Waals surface area contributed by atoms with Crippen molar-refractivity contribution in [3.8, 4) is 0 Å². The van der Waals surface area contributed by atoms with E-state index in [1.807, 2.05) is 12.1 Å². The van der Waals surface area contributed by atoms with Crippen LogP contribution >= 0.6 is 0 Å². The van der Waals surface area contributed by atoms with Gasteiger partial charge < -0.3 is 4.42 Å². The van der Waals surface area contributed by atoms with Gasteiger partial charge in [-0.1, -0.05) is 20.8 Å². The number of Topliss-reactive ketones (excluding diaryl/α,β-unsaturated/α-hetero) is 1. The number of ketones is 1. The number of furan rings is 1. The van der Waals surface area contributed by atoms with Crippen molar-refractivity contribution in [1.82, 2.24) is 4.90 Å². The molecule has 1 unspecified atom stereocenters. The van der Waals surface area contributed by atoms with Gasteiger partial charge in [-0.25, -0.2) is 0 Å². The number of carbonyl (C=O) groups is 1. The molecule has 0 aliphatic heterocycles. The summed E-state index contributed by atoms with van der Waals surface area (Å²) in [4.78, 5) is 14.5. The summed E-state index contributed by atoms with van der Waals surface area (Å²) >= 11 is 0. The van der Waals surface area contributed by atoms with E-state index in [1.165, 1.54) is 0 Å². The lowest BCUT2D eigenvalue weighted by Crippen LogP contribution is -2.33. The van der Waals surface area contributed by atoms with Gasteiger partial charge in [0, 0.05) is 17.9 Å². The van der Waals surface area contributed by atoms with Crippen molar-refractivity contribution in [3.05, 3.63) is 24.2 Å². The average Bonchev–Trinajstić information content (AvgIpc) is 2.92. The first-order valence-electron chi connectivity index (χ1n) is 6.82. The average molecular weight is 249 g/mol. The monoisotopic (exact) mass is 249 g/mol. The van der Waals surface area contributed by atoms with Gasteiger partial charge in [-0.2, -0.15) is 0 Å². The van der Waals surface area contributed by atoms with Gasteiger partial charge >= 0.3 is 0 Å². The second kappa shape index (κ2) is 5.27. The summed E-state index contributed by atoms with van der Waals surface area (Å²) in [5, 5.41) is 0. The Kier molecular flexibility index (Phi) is 3.91. The van der Waals surface area contributed by atoms with Gasteiger partial charge in [-0.15, -0.1) is 0 Å². The lowest BCUT2D eigenvalue weighted by molar-refractivity contribution is -0.128. The molecule has 0 aromatic carbocycles. The zero-order chi connectivity index (χ0) is 13.2. The van der Waals surface area contributed by atoms with Crippen molar-refractivity contribution in [1.29, 1.82) is 0 Å². The maximum Gasteiger partial charge on any atom is 0.142 e. The topological polar surface area (TPSA) is 33.5 Å². The highest BCUT2D eigenvalue weighted by atomic mass is 16.3. The third-order valence-corrected chi connectivity index (χ3v) is 4.04. The number of hydrogen-bond acceptors (Lipinski definition) is 3. The number of carbonyl (C=O) groups excluding carboxylic acids is 1. The van der Waals surface area contributed by atoms with E-state index in [0.29, 0.717) is 5.78 Å². The molecular weight excluding hydrogens is 226 g/mol. The Labute approximate surface area is 109 Å². The van der Waals surface area contributed by atoms with E-state index in [0.717, 1.165) is 38.2 Å². The van der Waals surface area contributed by atoms with E-state index in [4.69, 9.17) is 4.42 Å². The first-order chi connectivity index (χ1) is 8.53. The summed E-state index contributed by atoms with van der Waals surface area (Å²) in [6.07, 6.45) is 3.75. The molecule has 0 saturated heterocycles. The fourth-order valence-corrected chi connectivity index (χ4v) is 2.76. The Morgan fingerprint density at radius 2 is 2.28 bits per heavy atom. The van der Waals surface area contributed by atoms with E-state index in [2.05, 4.69) is 25.7 Å². The van der Waals surface area contributed by atoms with Crippen molar-refractivity contribution in [3.63, 3.8) is 0 Å². The molecule has 1 heterocycles. The summed E-state index contributed by atoms with van der Waals surface area (Å²) in [5.41, 5.74) is -0.116. The molecule has 0 radical (unpaired) electrons. The largest absolute Gasteiger partial charge is 0.468 e. The van der Waals surface area contributed by atoms with Crippen LogP contribution in [0.3, 0.4) is 0 Å². The Morgan fingerprint density at radius 1 is 1.50 bits per heavy atom. The minimum absolute atomic E-state index is 0.116. The lowest BCUT2D eigenvalue weighted by atomic mass is 9.89. The zero-order valence-corrected chi connectivity index (χ0v) is 11.6. The van der Waals surface area contributed by atoms with Crippen molar-refractivity contribution in [2.24, 2.45) is 11.3 Å². The van der Waals surface area contributed by atoms with Gasteiger partial charge in [-0.3, -0.25) is 9.69 Å².